The Hall–Kier alpha value is -1.91. The molecule has 2 amide bonds. The van der Waals surface area contributed by atoms with Gasteiger partial charge in [0.2, 0.25) is 0 Å². The molecule has 1 aromatic heterocycles. The van der Waals surface area contributed by atoms with E-state index in [1.165, 1.54) is 32.1 Å². The second kappa shape index (κ2) is 9.15. The molecule has 5 heteroatoms. The van der Waals surface area contributed by atoms with Gasteiger partial charge < -0.3 is 10.2 Å². The topological polar surface area (TPSA) is 62.3 Å². The van der Waals surface area contributed by atoms with Gasteiger partial charge >= 0.3 is 0 Å². The quantitative estimate of drug-likeness (QED) is 0.830. The number of likely N-dealkylation sites (tertiary alicyclic amines) is 1. The molecule has 5 nitrogen and oxygen atoms in total. The van der Waals surface area contributed by atoms with Gasteiger partial charge in [-0.05, 0) is 50.7 Å². The van der Waals surface area contributed by atoms with E-state index in [0.717, 1.165) is 38.6 Å². The predicted molar refractivity (Wildman–Crippen MR) is 102 cm³/mol. The number of hydrogen-bond donors (Lipinski definition) is 1. The average Bonchev–Trinajstić information content (AvgIpc) is 2.96. The van der Waals surface area contributed by atoms with Gasteiger partial charge in [0.15, 0.2) is 0 Å². The molecule has 1 unspecified atom stereocenters. The van der Waals surface area contributed by atoms with Crippen molar-refractivity contribution in [3.63, 3.8) is 0 Å². The zero-order valence-corrected chi connectivity index (χ0v) is 15.9. The Labute approximate surface area is 156 Å². The van der Waals surface area contributed by atoms with Crippen LogP contribution >= 0.6 is 0 Å². The second-order valence-corrected chi connectivity index (χ2v) is 7.63. The maximum Gasteiger partial charge on any atom is 0.272 e. The molecule has 0 bridgehead atoms. The first-order valence-electron chi connectivity index (χ1n) is 10.3. The fraction of sp³-hybridized carbons (Fsp3) is 0.667. The van der Waals surface area contributed by atoms with Gasteiger partial charge in [-0.15, -0.1) is 0 Å². The third kappa shape index (κ3) is 4.63. The highest BCUT2D eigenvalue weighted by atomic mass is 16.2. The fourth-order valence-corrected chi connectivity index (χ4v) is 4.20. The van der Waals surface area contributed by atoms with Crippen molar-refractivity contribution >= 4 is 11.8 Å². The van der Waals surface area contributed by atoms with E-state index in [9.17, 15) is 9.59 Å². The summed E-state index contributed by atoms with van der Waals surface area (Å²) < 4.78 is 0. The van der Waals surface area contributed by atoms with Gasteiger partial charge in [-0.1, -0.05) is 38.7 Å². The Kier molecular flexibility index (Phi) is 6.64. The summed E-state index contributed by atoms with van der Waals surface area (Å²) in [6.45, 7) is 2.91. The van der Waals surface area contributed by atoms with Crippen LogP contribution in [-0.2, 0) is 0 Å². The molecule has 1 atom stereocenters. The largest absolute Gasteiger partial charge is 0.348 e. The number of piperidine rings is 1. The van der Waals surface area contributed by atoms with Crippen LogP contribution in [0.1, 0.15) is 92.1 Å². The summed E-state index contributed by atoms with van der Waals surface area (Å²) >= 11 is 0. The average molecular weight is 357 g/mol. The van der Waals surface area contributed by atoms with Gasteiger partial charge in [0.25, 0.3) is 11.8 Å². The Bertz CT molecular complexity index is 623. The van der Waals surface area contributed by atoms with Crippen LogP contribution in [0.15, 0.2) is 18.2 Å². The first-order chi connectivity index (χ1) is 12.7. The highest BCUT2D eigenvalue weighted by molar-refractivity contribution is 5.96. The molecule has 1 aliphatic carbocycles. The van der Waals surface area contributed by atoms with Crippen molar-refractivity contribution in [2.75, 3.05) is 6.54 Å². The number of aromatic nitrogens is 1. The van der Waals surface area contributed by atoms with Crippen LogP contribution in [0.2, 0.25) is 0 Å². The van der Waals surface area contributed by atoms with Crippen LogP contribution in [0.25, 0.3) is 0 Å². The maximum atomic E-state index is 12.9. The first kappa shape index (κ1) is 18.9. The lowest BCUT2D eigenvalue weighted by Crippen LogP contribution is -2.43. The number of nitrogens with one attached hydrogen (secondary N) is 1. The van der Waals surface area contributed by atoms with E-state index in [-0.39, 0.29) is 17.9 Å². The van der Waals surface area contributed by atoms with Crippen LogP contribution in [0.3, 0.4) is 0 Å². The molecule has 1 saturated heterocycles. The van der Waals surface area contributed by atoms with E-state index in [1.54, 1.807) is 18.2 Å². The third-order valence-corrected chi connectivity index (χ3v) is 5.75. The van der Waals surface area contributed by atoms with Crippen LogP contribution < -0.4 is 5.32 Å². The van der Waals surface area contributed by atoms with Crippen molar-refractivity contribution in [3.8, 4) is 0 Å². The predicted octanol–water partition coefficient (Wildman–Crippen LogP) is 3.94. The lowest BCUT2D eigenvalue weighted by molar-refractivity contribution is 0.0602. The highest BCUT2D eigenvalue weighted by Gasteiger charge is 2.27. The number of amides is 2. The van der Waals surface area contributed by atoms with Crippen LogP contribution in [-0.4, -0.2) is 40.3 Å². The minimum Gasteiger partial charge on any atom is -0.348 e. The minimum absolute atomic E-state index is 0.0410. The van der Waals surface area contributed by atoms with Crippen molar-refractivity contribution < 1.29 is 9.59 Å². The van der Waals surface area contributed by atoms with Crippen molar-refractivity contribution in [1.82, 2.24) is 15.2 Å². The Morgan fingerprint density at radius 1 is 1.04 bits per heavy atom. The molecular formula is C21H31N3O2. The van der Waals surface area contributed by atoms with Gasteiger partial charge in [-0.25, -0.2) is 4.98 Å². The lowest BCUT2D eigenvalue weighted by atomic mass is 9.99. The molecule has 26 heavy (non-hydrogen) atoms. The molecule has 1 N–H and O–H groups in total. The summed E-state index contributed by atoms with van der Waals surface area (Å²) in [7, 11) is 0. The SMILES string of the molecule is CCC1CCCCN1C(=O)c1cccc(C(=O)NC2CCCCCC2)n1. The molecule has 1 saturated carbocycles. The number of pyridine rings is 1. The zero-order chi connectivity index (χ0) is 18.4. The molecule has 0 aromatic carbocycles. The number of hydrogen-bond acceptors (Lipinski definition) is 3. The van der Waals surface area contributed by atoms with Gasteiger partial charge in [-0.2, -0.15) is 0 Å². The normalized spacial score (nSPS) is 21.9. The van der Waals surface area contributed by atoms with Crippen LogP contribution in [0.5, 0.6) is 0 Å². The summed E-state index contributed by atoms with van der Waals surface area (Å²) in [5, 5.41) is 3.11. The molecule has 1 aromatic rings. The maximum absolute atomic E-state index is 12.9. The summed E-state index contributed by atoms with van der Waals surface area (Å²) in [4.78, 5) is 31.9. The van der Waals surface area contributed by atoms with Gasteiger partial charge in [0, 0.05) is 18.6 Å². The molecule has 3 rings (SSSR count). The molecule has 142 valence electrons. The van der Waals surface area contributed by atoms with Crippen LogP contribution in [0.4, 0.5) is 0 Å². The second-order valence-electron chi connectivity index (χ2n) is 7.63. The van der Waals surface area contributed by atoms with Crippen LogP contribution in [0, 0.1) is 0 Å². The van der Waals surface area contributed by atoms with E-state index in [1.807, 2.05) is 4.90 Å². The molecule has 2 fully saturated rings. The lowest BCUT2D eigenvalue weighted by Gasteiger charge is -2.35. The Morgan fingerprint density at radius 3 is 2.46 bits per heavy atom. The van der Waals surface area contributed by atoms with Gasteiger partial charge in [0.05, 0.1) is 0 Å². The summed E-state index contributed by atoms with van der Waals surface area (Å²) in [5.41, 5.74) is 0.740. The van der Waals surface area contributed by atoms with E-state index in [2.05, 4.69) is 17.2 Å². The molecule has 1 aliphatic heterocycles. The smallest absolute Gasteiger partial charge is 0.272 e. The fourth-order valence-electron chi connectivity index (χ4n) is 4.20. The highest BCUT2D eigenvalue weighted by Crippen LogP contribution is 2.21. The number of carbonyl (C=O) groups is 2. The standard InChI is InChI=1S/C21H31N3O2/c1-2-17-12-7-8-15-24(17)21(26)19-14-9-13-18(23-19)20(25)22-16-10-5-3-4-6-11-16/h9,13-14,16-17H,2-8,10-12,15H2,1H3,(H,22,25). The van der Waals surface area contributed by atoms with E-state index < -0.39 is 0 Å². The van der Waals surface area contributed by atoms with Crippen molar-refractivity contribution in [2.24, 2.45) is 0 Å². The zero-order valence-electron chi connectivity index (χ0n) is 15.9. The molecule has 0 spiro atoms. The number of carbonyl (C=O) groups excluding carboxylic acids is 2. The summed E-state index contributed by atoms with van der Waals surface area (Å²) in [6.07, 6.45) is 11.2. The minimum atomic E-state index is -0.155. The van der Waals surface area contributed by atoms with Crippen molar-refractivity contribution in [3.05, 3.63) is 29.6 Å². The molecule has 2 heterocycles. The Morgan fingerprint density at radius 2 is 1.73 bits per heavy atom. The van der Waals surface area contributed by atoms with Crippen molar-refractivity contribution in [1.29, 1.82) is 0 Å². The molecule has 0 radical (unpaired) electrons. The van der Waals surface area contributed by atoms with E-state index in [0.29, 0.717) is 17.4 Å². The summed E-state index contributed by atoms with van der Waals surface area (Å²) in [5.74, 6) is -0.196. The van der Waals surface area contributed by atoms with Gasteiger partial charge in [0.1, 0.15) is 11.4 Å². The van der Waals surface area contributed by atoms with E-state index in [4.69, 9.17) is 0 Å². The molecular weight excluding hydrogens is 326 g/mol. The summed E-state index contributed by atoms with van der Waals surface area (Å²) in [6, 6.07) is 5.73. The first-order valence-corrected chi connectivity index (χ1v) is 10.3. The molecule has 2 aliphatic rings. The van der Waals surface area contributed by atoms with Crippen molar-refractivity contribution in [2.45, 2.75) is 83.2 Å². The third-order valence-electron chi connectivity index (χ3n) is 5.75. The number of rotatable bonds is 4. The monoisotopic (exact) mass is 357 g/mol. The van der Waals surface area contributed by atoms with Gasteiger partial charge in [-0.3, -0.25) is 9.59 Å². The Balaban J connectivity index is 1.68. The van der Waals surface area contributed by atoms with E-state index >= 15 is 0 Å². The number of nitrogens with zero attached hydrogens (tertiary/aromatic N) is 2.